The van der Waals surface area contributed by atoms with Crippen LogP contribution in [0.5, 0.6) is 11.5 Å². The van der Waals surface area contributed by atoms with Crippen LogP contribution in [0.1, 0.15) is 37.9 Å². The summed E-state index contributed by atoms with van der Waals surface area (Å²) in [4.78, 5) is 12.0. The van der Waals surface area contributed by atoms with Crippen LogP contribution in [0, 0.1) is 5.41 Å². The van der Waals surface area contributed by atoms with Crippen molar-refractivity contribution in [2.24, 2.45) is 11.1 Å². The number of benzene rings is 2. The molecule has 0 spiro atoms. The Labute approximate surface area is 155 Å². The lowest BCUT2D eigenvalue weighted by Gasteiger charge is -2.29. The molecular weight excluding hydrogens is 330 g/mol. The Hall–Kier alpha value is -2.53. The SMILES string of the molecule is CCOc1cc([C@@H](N)C(C)(C)C(=O)OC)ccc1OCc1ccccc1. The third-order valence-corrected chi connectivity index (χ3v) is 4.35. The second-order valence-electron chi connectivity index (χ2n) is 6.60. The summed E-state index contributed by atoms with van der Waals surface area (Å²) >= 11 is 0. The van der Waals surface area contributed by atoms with Crippen LogP contribution in [0.25, 0.3) is 0 Å². The highest BCUT2D eigenvalue weighted by atomic mass is 16.5. The first-order chi connectivity index (χ1) is 12.4. The summed E-state index contributed by atoms with van der Waals surface area (Å²) in [6.07, 6.45) is 0. The Morgan fingerprint density at radius 3 is 2.38 bits per heavy atom. The van der Waals surface area contributed by atoms with Crippen LogP contribution < -0.4 is 15.2 Å². The van der Waals surface area contributed by atoms with Crippen molar-refractivity contribution in [2.75, 3.05) is 13.7 Å². The van der Waals surface area contributed by atoms with E-state index in [0.717, 1.165) is 11.1 Å². The summed E-state index contributed by atoms with van der Waals surface area (Å²) in [5, 5.41) is 0. The lowest BCUT2D eigenvalue weighted by molar-refractivity contribution is -0.152. The molecule has 2 rings (SSSR count). The van der Waals surface area contributed by atoms with Crippen molar-refractivity contribution >= 4 is 5.97 Å². The normalized spacial score (nSPS) is 12.3. The van der Waals surface area contributed by atoms with E-state index in [9.17, 15) is 4.79 Å². The molecule has 0 fully saturated rings. The van der Waals surface area contributed by atoms with Crippen LogP contribution >= 0.6 is 0 Å². The Kier molecular flexibility index (Phi) is 6.64. The fourth-order valence-electron chi connectivity index (χ4n) is 2.65. The molecule has 26 heavy (non-hydrogen) atoms. The minimum absolute atomic E-state index is 0.354. The highest BCUT2D eigenvalue weighted by molar-refractivity contribution is 5.77. The number of rotatable bonds is 8. The van der Waals surface area contributed by atoms with E-state index < -0.39 is 11.5 Å². The van der Waals surface area contributed by atoms with Gasteiger partial charge in [-0.15, -0.1) is 0 Å². The molecule has 0 bridgehead atoms. The first-order valence-corrected chi connectivity index (χ1v) is 8.67. The van der Waals surface area contributed by atoms with Gasteiger partial charge >= 0.3 is 5.97 Å². The number of hydrogen-bond acceptors (Lipinski definition) is 5. The smallest absolute Gasteiger partial charge is 0.313 e. The maximum Gasteiger partial charge on any atom is 0.313 e. The third kappa shape index (κ3) is 4.55. The van der Waals surface area contributed by atoms with Gasteiger partial charge in [0.25, 0.3) is 0 Å². The fourth-order valence-corrected chi connectivity index (χ4v) is 2.65. The van der Waals surface area contributed by atoms with E-state index in [2.05, 4.69) is 0 Å². The van der Waals surface area contributed by atoms with E-state index in [-0.39, 0.29) is 5.97 Å². The van der Waals surface area contributed by atoms with Crippen LogP contribution in [0.2, 0.25) is 0 Å². The number of hydrogen-bond donors (Lipinski definition) is 1. The zero-order valence-corrected chi connectivity index (χ0v) is 15.8. The average Bonchev–Trinajstić information content (AvgIpc) is 2.66. The van der Waals surface area contributed by atoms with Gasteiger partial charge in [-0.3, -0.25) is 4.79 Å². The number of methoxy groups -OCH3 is 1. The van der Waals surface area contributed by atoms with E-state index in [1.165, 1.54) is 7.11 Å². The molecule has 2 aromatic carbocycles. The zero-order valence-electron chi connectivity index (χ0n) is 15.8. The Morgan fingerprint density at radius 2 is 1.77 bits per heavy atom. The molecule has 2 N–H and O–H groups in total. The molecule has 0 aliphatic carbocycles. The minimum Gasteiger partial charge on any atom is -0.490 e. The van der Waals surface area contributed by atoms with Crippen molar-refractivity contribution in [3.63, 3.8) is 0 Å². The van der Waals surface area contributed by atoms with E-state index in [1.54, 1.807) is 13.8 Å². The molecule has 5 heteroatoms. The van der Waals surface area contributed by atoms with Crippen LogP contribution in [-0.4, -0.2) is 19.7 Å². The van der Waals surface area contributed by atoms with Gasteiger partial charge in [0.05, 0.1) is 19.1 Å². The van der Waals surface area contributed by atoms with Gasteiger partial charge in [0.2, 0.25) is 0 Å². The van der Waals surface area contributed by atoms with Gasteiger partial charge in [-0.05, 0) is 44.0 Å². The predicted molar refractivity (Wildman–Crippen MR) is 101 cm³/mol. The lowest BCUT2D eigenvalue weighted by Crippen LogP contribution is -2.37. The van der Waals surface area contributed by atoms with Gasteiger partial charge in [0, 0.05) is 6.04 Å². The van der Waals surface area contributed by atoms with Crippen molar-refractivity contribution < 1.29 is 19.0 Å². The van der Waals surface area contributed by atoms with Gasteiger partial charge in [0.1, 0.15) is 6.61 Å². The van der Waals surface area contributed by atoms with E-state index in [1.807, 2.05) is 55.5 Å². The number of carbonyl (C=O) groups is 1. The highest BCUT2D eigenvalue weighted by Crippen LogP contribution is 2.37. The molecule has 0 radical (unpaired) electrons. The molecule has 0 aliphatic heterocycles. The number of esters is 1. The molecule has 0 saturated carbocycles. The number of ether oxygens (including phenoxy) is 3. The Bertz CT molecular complexity index is 728. The highest BCUT2D eigenvalue weighted by Gasteiger charge is 2.37. The van der Waals surface area contributed by atoms with Crippen LogP contribution in [-0.2, 0) is 16.1 Å². The summed E-state index contributed by atoms with van der Waals surface area (Å²) < 4.78 is 16.5. The van der Waals surface area contributed by atoms with E-state index in [4.69, 9.17) is 19.9 Å². The van der Waals surface area contributed by atoms with Gasteiger partial charge in [-0.1, -0.05) is 36.4 Å². The number of carbonyl (C=O) groups excluding carboxylic acids is 1. The first-order valence-electron chi connectivity index (χ1n) is 8.67. The summed E-state index contributed by atoms with van der Waals surface area (Å²) in [5.74, 6) is 0.895. The molecule has 0 heterocycles. The predicted octanol–water partition coefficient (Wildman–Crippen LogP) is 3.86. The maximum atomic E-state index is 12.0. The van der Waals surface area contributed by atoms with Gasteiger partial charge < -0.3 is 19.9 Å². The van der Waals surface area contributed by atoms with Crippen molar-refractivity contribution in [1.82, 2.24) is 0 Å². The molecule has 0 unspecified atom stereocenters. The quantitative estimate of drug-likeness (QED) is 0.726. The van der Waals surface area contributed by atoms with Crippen molar-refractivity contribution in [2.45, 2.75) is 33.4 Å². The third-order valence-electron chi connectivity index (χ3n) is 4.35. The van der Waals surface area contributed by atoms with Gasteiger partial charge in [-0.2, -0.15) is 0 Å². The standard InChI is InChI=1S/C21H27NO4/c1-5-25-18-13-16(19(22)21(2,3)20(23)24-4)11-12-17(18)26-14-15-9-7-6-8-10-15/h6-13,19H,5,14,22H2,1-4H3/t19-/m1/s1. The molecule has 1 atom stereocenters. The van der Waals surface area contributed by atoms with Crippen molar-refractivity contribution in [3.8, 4) is 11.5 Å². The number of nitrogens with two attached hydrogens (primary N) is 1. The molecule has 2 aromatic rings. The second kappa shape index (κ2) is 8.72. The molecule has 5 nitrogen and oxygen atoms in total. The topological polar surface area (TPSA) is 70.8 Å². The lowest BCUT2D eigenvalue weighted by atomic mass is 9.81. The van der Waals surface area contributed by atoms with Gasteiger partial charge in [0.15, 0.2) is 11.5 Å². The van der Waals surface area contributed by atoms with Gasteiger partial charge in [-0.25, -0.2) is 0 Å². The molecule has 0 amide bonds. The maximum absolute atomic E-state index is 12.0. The molecule has 0 saturated heterocycles. The second-order valence-corrected chi connectivity index (χ2v) is 6.60. The summed E-state index contributed by atoms with van der Waals surface area (Å²) in [6, 6.07) is 14.9. The first kappa shape index (κ1) is 19.8. The Balaban J connectivity index is 2.23. The van der Waals surface area contributed by atoms with Crippen LogP contribution in [0.15, 0.2) is 48.5 Å². The minimum atomic E-state index is -0.857. The largest absolute Gasteiger partial charge is 0.490 e. The molecule has 140 valence electrons. The monoisotopic (exact) mass is 357 g/mol. The fraction of sp³-hybridized carbons (Fsp3) is 0.381. The van der Waals surface area contributed by atoms with Crippen LogP contribution in [0.3, 0.4) is 0 Å². The van der Waals surface area contributed by atoms with Crippen molar-refractivity contribution in [1.29, 1.82) is 0 Å². The van der Waals surface area contributed by atoms with E-state index >= 15 is 0 Å². The van der Waals surface area contributed by atoms with Crippen LogP contribution in [0.4, 0.5) is 0 Å². The molecule has 0 aliphatic rings. The summed E-state index contributed by atoms with van der Waals surface area (Å²) in [6.45, 7) is 6.39. The molecular formula is C21H27NO4. The average molecular weight is 357 g/mol. The Morgan fingerprint density at radius 1 is 1.08 bits per heavy atom. The molecule has 0 aromatic heterocycles. The van der Waals surface area contributed by atoms with E-state index in [0.29, 0.717) is 24.7 Å². The summed E-state index contributed by atoms with van der Waals surface area (Å²) in [7, 11) is 1.36. The van der Waals surface area contributed by atoms with Crippen molar-refractivity contribution in [3.05, 3.63) is 59.7 Å². The summed E-state index contributed by atoms with van der Waals surface area (Å²) in [5.41, 5.74) is 7.34. The zero-order chi connectivity index (χ0) is 19.2.